The molecule has 0 saturated carbocycles. The van der Waals surface area contributed by atoms with Gasteiger partial charge in [-0.05, 0) is 12.3 Å². The molecule has 6 nitrogen and oxygen atoms in total. The topological polar surface area (TPSA) is 96.2 Å². The Morgan fingerprint density at radius 3 is 1.80 bits per heavy atom. The largest absolute Gasteiger partial charge is 0.355 e. The van der Waals surface area contributed by atoms with Crippen molar-refractivity contribution in [3.05, 3.63) is 0 Å². The van der Waals surface area contributed by atoms with E-state index in [2.05, 4.69) is 29.8 Å². The fourth-order valence-corrected chi connectivity index (χ4v) is 5.08. The molecule has 0 aliphatic heterocycles. The highest BCUT2D eigenvalue weighted by Crippen LogP contribution is 2.19. The molecule has 0 radical (unpaired) electrons. The number of amides is 3. The lowest BCUT2D eigenvalue weighted by Gasteiger charge is -2.08. The van der Waals surface area contributed by atoms with Crippen molar-refractivity contribution in [3.63, 3.8) is 0 Å². The third-order valence-corrected chi connectivity index (χ3v) is 7.61. The maximum atomic E-state index is 11.5. The first-order valence-corrected chi connectivity index (χ1v) is 13.5. The quantitative estimate of drug-likeness (QED) is 0.222. The highest BCUT2D eigenvalue weighted by molar-refractivity contribution is 8.77. The average molecular weight is 429 g/mol. The lowest BCUT2D eigenvalue weighted by Crippen LogP contribution is -2.37. The van der Waals surface area contributed by atoms with Gasteiger partial charge in [-0.1, -0.05) is 57.0 Å². The molecule has 0 aliphatic rings. The van der Waals surface area contributed by atoms with Crippen LogP contribution in [0.2, 0.25) is 0 Å². The Bertz CT molecular complexity index is 349. The van der Waals surface area contributed by atoms with Gasteiger partial charge in [-0.2, -0.15) is 0 Å². The van der Waals surface area contributed by atoms with Crippen molar-refractivity contribution in [2.24, 2.45) is 11.7 Å². The van der Waals surface area contributed by atoms with Crippen molar-refractivity contribution in [2.45, 2.75) is 26.7 Å². The van der Waals surface area contributed by atoms with Crippen LogP contribution in [0.3, 0.4) is 0 Å². The van der Waals surface area contributed by atoms with Crippen LogP contribution in [0.25, 0.3) is 0 Å². The van der Waals surface area contributed by atoms with Crippen molar-refractivity contribution in [1.82, 2.24) is 16.0 Å². The Balaban J connectivity index is 3.27. The van der Waals surface area contributed by atoms with E-state index in [1.165, 1.54) is 0 Å². The van der Waals surface area contributed by atoms with Crippen LogP contribution in [-0.2, 0) is 4.79 Å². The smallest absolute Gasteiger partial charge is 0.314 e. The normalized spacial score (nSPS) is 10.7. The summed E-state index contributed by atoms with van der Waals surface area (Å²) in [5.41, 5.74) is 5.40. The summed E-state index contributed by atoms with van der Waals surface area (Å²) in [6.07, 6.45) is 1.55. The van der Waals surface area contributed by atoms with Crippen LogP contribution in [0, 0.1) is 5.92 Å². The molecule has 0 spiro atoms. The Labute approximate surface area is 167 Å². The Kier molecular flexibility index (Phi) is 19.0. The Hall–Kier alpha value is 0.1000. The monoisotopic (exact) mass is 428 g/mol. The first kappa shape index (κ1) is 25.1. The zero-order chi connectivity index (χ0) is 18.8. The summed E-state index contributed by atoms with van der Waals surface area (Å²) in [6, 6.07) is -0.118. The fraction of sp³-hybridized carbons (Fsp3) is 0.867. The summed E-state index contributed by atoms with van der Waals surface area (Å²) in [5, 5.41) is 8.58. The molecule has 25 heavy (non-hydrogen) atoms. The van der Waals surface area contributed by atoms with Crippen molar-refractivity contribution in [3.8, 4) is 0 Å². The van der Waals surface area contributed by atoms with Crippen molar-refractivity contribution < 1.29 is 9.59 Å². The van der Waals surface area contributed by atoms with Gasteiger partial charge in [-0.3, -0.25) is 4.79 Å². The molecular weight excluding hydrogens is 396 g/mol. The van der Waals surface area contributed by atoms with Gasteiger partial charge in [-0.15, -0.1) is 0 Å². The molecule has 0 rings (SSSR count). The molecule has 0 heterocycles. The molecule has 0 aromatic heterocycles. The van der Waals surface area contributed by atoms with E-state index in [-0.39, 0.29) is 11.9 Å². The van der Waals surface area contributed by atoms with E-state index in [0.29, 0.717) is 38.5 Å². The van der Waals surface area contributed by atoms with Gasteiger partial charge < -0.3 is 21.7 Å². The minimum Gasteiger partial charge on any atom is -0.355 e. The highest BCUT2D eigenvalue weighted by Gasteiger charge is 2.03. The third-order valence-electron chi connectivity index (χ3n) is 2.77. The lowest BCUT2D eigenvalue weighted by atomic mass is 10.1. The molecular formula is C15H32N4O2S4. The van der Waals surface area contributed by atoms with E-state index in [9.17, 15) is 9.59 Å². The molecule has 0 bridgehead atoms. The molecule has 148 valence electrons. The molecule has 0 unspecified atom stereocenters. The van der Waals surface area contributed by atoms with Gasteiger partial charge in [0.15, 0.2) is 0 Å². The van der Waals surface area contributed by atoms with E-state index in [4.69, 9.17) is 5.73 Å². The van der Waals surface area contributed by atoms with Gasteiger partial charge in [0.25, 0.3) is 0 Å². The predicted molar refractivity (Wildman–Crippen MR) is 117 cm³/mol. The van der Waals surface area contributed by atoms with Crippen molar-refractivity contribution >= 4 is 55.1 Å². The van der Waals surface area contributed by atoms with Crippen LogP contribution < -0.4 is 21.7 Å². The minimum absolute atomic E-state index is 0.118. The standard InChI is InChI=1S/C15H32N4O2S4/c1-13(2)3-4-14(20)17-6-10-24-25-12-8-19-15(21)18-7-11-23-22-9-5-16/h13H,3-12,16H2,1-2H3,(H,17,20)(H2,18,19,21). The van der Waals surface area contributed by atoms with Gasteiger partial charge in [-0.25, -0.2) is 4.79 Å². The molecule has 5 N–H and O–H groups in total. The van der Waals surface area contributed by atoms with E-state index in [1.54, 1.807) is 43.2 Å². The van der Waals surface area contributed by atoms with Gasteiger partial charge >= 0.3 is 6.03 Å². The second kappa shape index (κ2) is 18.9. The molecule has 0 aromatic carbocycles. The van der Waals surface area contributed by atoms with Crippen LogP contribution >= 0.6 is 43.2 Å². The van der Waals surface area contributed by atoms with Gasteiger partial charge in [0.05, 0.1) is 0 Å². The molecule has 0 aromatic rings. The van der Waals surface area contributed by atoms with E-state index in [0.717, 1.165) is 29.4 Å². The van der Waals surface area contributed by atoms with Gasteiger partial charge in [0.2, 0.25) is 5.91 Å². The fourth-order valence-electron chi connectivity index (χ4n) is 1.50. The number of hydrogen-bond acceptors (Lipinski definition) is 7. The van der Waals surface area contributed by atoms with Crippen LogP contribution in [0.5, 0.6) is 0 Å². The number of nitrogens with one attached hydrogen (secondary N) is 3. The molecule has 0 saturated heterocycles. The van der Waals surface area contributed by atoms with Crippen LogP contribution in [0.4, 0.5) is 4.79 Å². The van der Waals surface area contributed by atoms with E-state index < -0.39 is 0 Å². The molecule has 10 heteroatoms. The summed E-state index contributed by atoms with van der Waals surface area (Å²) in [6.45, 7) is 6.92. The highest BCUT2D eigenvalue weighted by atomic mass is 33.1. The van der Waals surface area contributed by atoms with Crippen LogP contribution in [-0.4, -0.2) is 61.1 Å². The van der Waals surface area contributed by atoms with E-state index >= 15 is 0 Å². The summed E-state index contributed by atoms with van der Waals surface area (Å²) in [7, 11) is 6.87. The summed E-state index contributed by atoms with van der Waals surface area (Å²) in [5.74, 6) is 4.24. The van der Waals surface area contributed by atoms with E-state index in [1.807, 2.05) is 0 Å². The molecule has 0 atom stereocenters. The van der Waals surface area contributed by atoms with Crippen molar-refractivity contribution in [1.29, 1.82) is 0 Å². The molecule has 0 fully saturated rings. The van der Waals surface area contributed by atoms with Crippen LogP contribution in [0.15, 0.2) is 0 Å². The second-order valence-corrected chi connectivity index (χ2v) is 10.9. The first-order valence-electron chi connectivity index (χ1n) is 8.53. The number of carbonyl (C=O) groups is 2. The summed E-state index contributed by atoms with van der Waals surface area (Å²) < 4.78 is 0. The number of carbonyl (C=O) groups excluding carboxylic acids is 2. The average Bonchev–Trinajstić information content (AvgIpc) is 2.58. The Morgan fingerprint density at radius 2 is 1.32 bits per heavy atom. The number of urea groups is 1. The third kappa shape index (κ3) is 20.3. The SMILES string of the molecule is CC(C)CCC(=O)NCCSSCCNC(=O)NCCSSCCN. The zero-order valence-electron chi connectivity index (χ0n) is 15.2. The number of nitrogens with two attached hydrogens (primary N) is 1. The molecule has 3 amide bonds. The van der Waals surface area contributed by atoms with Gasteiger partial charge in [0, 0.05) is 55.6 Å². The summed E-state index contributed by atoms with van der Waals surface area (Å²) >= 11 is 0. The maximum Gasteiger partial charge on any atom is 0.314 e. The summed E-state index contributed by atoms with van der Waals surface area (Å²) in [4.78, 5) is 23.1. The Morgan fingerprint density at radius 1 is 0.840 bits per heavy atom. The first-order chi connectivity index (χ1) is 12.1. The number of hydrogen-bond donors (Lipinski definition) is 4. The van der Waals surface area contributed by atoms with Gasteiger partial charge in [0.1, 0.15) is 0 Å². The maximum absolute atomic E-state index is 11.5. The van der Waals surface area contributed by atoms with Crippen LogP contribution in [0.1, 0.15) is 26.7 Å². The predicted octanol–water partition coefficient (Wildman–Crippen LogP) is 2.56. The lowest BCUT2D eigenvalue weighted by molar-refractivity contribution is -0.121. The van der Waals surface area contributed by atoms with Crippen molar-refractivity contribution in [2.75, 3.05) is 49.2 Å². The second-order valence-electron chi connectivity index (χ2n) is 5.54. The molecule has 0 aliphatic carbocycles. The number of rotatable bonds is 16. The minimum atomic E-state index is -0.118. The zero-order valence-corrected chi connectivity index (χ0v) is 18.4.